The van der Waals surface area contributed by atoms with E-state index in [9.17, 15) is 4.39 Å². The Hall–Kier alpha value is -3.52. The average Bonchev–Trinajstić information content (AvgIpc) is 3.04. The van der Waals surface area contributed by atoms with Gasteiger partial charge < -0.3 is 4.57 Å². The van der Waals surface area contributed by atoms with Crippen molar-refractivity contribution >= 4 is 10.9 Å². The molecule has 0 spiro atoms. The summed E-state index contributed by atoms with van der Waals surface area (Å²) in [5.41, 5.74) is 3.72. The molecule has 0 saturated heterocycles. The highest BCUT2D eigenvalue weighted by atomic mass is 19.1. The fourth-order valence-electron chi connectivity index (χ4n) is 2.98. The van der Waals surface area contributed by atoms with Gasteiger partial charge in [-0.1, -0.05) is 36.4 Å². The van der Waals surface area contributed by atoms with E-state index in [1.54, 1.807) is 13.0 Å². The van der Waals surface area contributed by atoms with Crippen LogP contribution in [0.5, 0.6) is 0 Å². The molecular formula is C22H17FN4. The second-order valence-corrected chi connectivity index (χ2v) is 6.38. The number of hydrogen-bond acceptors (Lipinski definition) is 3. The highest BCUT2D eigenvalue weighted by Crippen LogP contribution is 2.22. The summed E-state index contributed by atoms with van der Waals surface area (Å²) in [5.74, 6) is 6.80. The van der Waals surface area contributed by atoms with Crippen LogP contribution in [0.4, 0.5) is 4.39 Å². The van der Waals surface area contributed by atoms with Gasteiger partial charge in [-0.25, -0.2) is 19.3 Å². The zero-order chi connectivity index (χ0) is 19.0. The molecule has 0 bridgehead atoms. The van der Waals surface area contributed by atoms with Crippen LogP contribution in [0.25, 0.3) is 22.2 Å². The number of imidazole rings is 1. The lowest BCUT2D eigenvalue weighted by Crippen LogP contribution is -1.98. The zero-order valence-corrected chi connectivity index (χ0v) is 15.3. The molecule has 27 heavy (non-hydrogen) atoms. The highest BCUT2D eigenvalue weighted by molar-refractivity contribution is 5.86. The quantitative estimate of drug-likeness (QED) is 0.481. The summed E-state index contributed by atoms with van der Waals surface area (Å²) in [6.07, 6.45) is 1.92. The monoisotopic (exact) mass is 356 g/mol. The summed E-state index contributed by atoms with van der Waals surface area (Å²) in [6.45, 7) is 3.68. The van der Waals surface area contributed by atoms with Crippen molar-refractivity contribution in [1.29, 1.82) is 0 Å². The Morgan fingerprint density at radius 1 is 0.926 bits per heavy atom. The Morgan fingerprint density at radius 3 is 2.48 bits per heavy atom. The van der Waals surface area contributed by atoms with Crippen LogP contribution in [0.15, 0.2) is 48.7 Å². The fourth-order valence-corrected chi connectivity index (χ4v) is 2.98. The summed E-state index contributed by atoms with van der Waals surface area (Å²) in [7, 11) is 1.89. The maximum Gasteiger partial charge on any atom is 0.186 e. The first kappa shape index (κ1) is 16.9. The molecule has 0 aliphatic rings. The molecule has 0 aliphatic heterocycles. The fraction of sp³-hybridized carbons (Fsp3) is 0.136. The predicted molar refractivity (Wildman–Crippen MR) is 104 cm³/mol. The number of aryl methyl sites for hydroxylation is 3. The molecule has 2 aromatic carbocycles. The topological polar surface area (TPSA) is 43.6 Å². The number of hydrogen-bond donors (Lipinski definition) is 0. The molecule has 0 amide bonds. The van der Waals surface area contributed by atoms with Crippen molar-refractivity contribution in [3.8, 4) is 23.1 Å². The van der Waals surface area contributed by atoms with Crippen molar-refractivity contribution in [2.24, 2.45) is 7.05 Å². The van der Waals surface area contributed by atoms with Crippen molar-refractivity contribution in [3.05, 3.63) is 77.4 Å². The maximum atomic E-state index is 14.4. The predicted octanol–water partition coefficient (Wildman–Crippen LogP) is 4.19. The van der Waals surface area contributed by atoms with E-state index in [0.717, 1.165) is 16.8 Å². The Kier molecular flexibility index (Phi) is 4.17. The van der Waals surface area contributed by atoms with E-state index in [1.165, 1.54) is 6.07 Å². The van der Waals surface area contributed by atoms with E-state index in [2.05, 4.69) is 26.8 Å². The van der Waals surface area contributed by atoms with Crippen molar-refractivity contribution in [2.75, 3.05) is 0 Å². The minimum Gasteiger partial charge on any atom is -0.327 e. The summed E-state index contributed by atoms with van der Waals surface area (Å²) in [4.78, 5) is 13.3. The Balaban J connectivity index is 1.82. The molecule has 0 radical (unpaired) electrons. The molecule has 5 heteroatoms. The third-order valence-electron chi connectivity index (χ3n) is 4.35. The van der Waals surface area contributed by atoms with Crippen molar-refractivity contribution in [1.82, 2.24) is 19.5 Å². The number of aromatic nitrogens is 4. The van der Waals surface area contributed by atoms with Gasteiger partial charge >= 0.3 is 0 Å². The molecule has 4 nitrogen and oxygen atoms in total. The maximum absolute atomic E-state index is 14.4. The molecule has 4 rings (SSSR count). The third-order valence-corrected chi connectivity index (χ3v) is 4.35. The minimum atomic E-state index is -0.371. The van der Waals surface area contributed by atoms with Crippen molar-refractivity contribution < 1.29 is 4.39 Å². The lowest BCUT2D eigenvalue weighted by Gasteiger charge is -2.05. The summed E-state index contributed by atoms with van der Waals surface area (Å²) >= 11 is 0. The summed E-state index contributed by atoms with van der Waals surface area (Å²) in [6, 6.07) is 13.0. The Labute approximate surface area is 156 Å². The number of halogens is 1. The van der Waals surface area contributed by atoms with Crippen molar-refractivity contribution in [2.45, 2.75) is 13.8 Å². The van der Waals surface area contributed by atoms with Gasteiger partial charge in [0.25, 0.3) is 0 Å². The van der Waals surface area contributed by atoms with Crippen LogP contribution in [0.3, 0.4) is 0 Å². The van der Waals surface area contributed by atoms with Crippen LogP contribution in [0.2, 0.25) is 0 Å². The average molecular weight is 356 g/mol. The second-order valence-electron chi connectivity index (χ2n) is 6.38. The zero-order valence-electron chi connectivity index (χ0n) is 15.3. The molecule has 2 heterocycles. The molecular weight excluding hydrogens is 339 g/mol. The second kappa shape index (κ2) is 6.65. The van der Waals surface area contributed by atoms with Crippen LogP contribution >= 0.6 is 0 Å². The van der Waals surface area contributed by atoms with Gasteiger partial charge in [0.2, 0.25) is 0 Å². The lowest BCUT2D eigenvalue weighted by atomic mass is 10.1. The molecule has 132 valence electrons. The van der Waals surface area contributed by atoms with E-state index in [0.29, 0.717) is 28.2 Å². The highest BCUT2D eigenvalue weighted by Gasteiger charge is 2.12. The molecule has 2 aromatic heterocycles. The van der Waals surface area contributed by atoms with E-state index < -0.39 is 0 Å². The van der Waals surface area contributed by atoms with Gasteiger partial charge in [0.05, 0.1) is 16.6 Å². The molecule has 4 aromatic rings. The first-order chi connectivity index (χ1) is 13.0. The van der Waals surface area contributed by atoms with Gasteiger partial charge in [-0.05, 0) is 37.3 Å². The number of rotatable bonds is 1. The van der Waals surface area contributed by atoms with Crippen molar-refractivity contribution in [3.63, 3.8) is 0 Å². The van der Waals surface area contributed by atoms with Crippen LogP contribution in [0.1, 0.15) is 22.9 Å². The van der Waals surface area contributed by atoms with E-state index >= 15 is 0 Å². The van der Waals surface area contributed by atoms with Gasteiger partial charge in [0, 0.05) is 18.8 Å². The summed E-state index contributed by atoms with van der Waals surface area (Å²) < 4.78 is 16.3. The number of nitrogens with zero attached hydrogens (tertiary/aromatic N) is 4. The first-order valence-electron chi connectivity index (χ1n) is 8.57. The third kappa shape index (κ3) is 3.18. The minimum absolute atomic E-state index is 0.352. The van der Waals surface area contributed by atoms with Gasteiger partial charge in [0.1, 0.15) is 17.3 Å². The van der Waals surface area contributed by atoms with Crippen LogP contribution in [-0.2, 0) is 7.05 Å². The smallest absolute Gasteiger partial charge is 0.186 e. The molecule has 0 N–H and O–H groups in total. The largest absolute Gasteiger partial charge is 0.327 e. The van der Waals surface area contributed by atoms with E-state index in [4.69, 9.17) is 0 Å². The first-order valence-corrected chi connectivity index (χ1v) is 8.57. The van der Waals surface area contributed by atoms with E-state index in [-0.39, 0.29) is 5.82 Å². The van der Waals surface area contributed by atoms with E-state index in [1.807, 2.05) is 55.1 Å². The van der Waals surface area contributed by atoms with Gasteiger partial charge in [-0.3, -0.25) is 0 Å². The SMILES string of the molecule is Cc1nc(C#Cc2nc(-c3ccccc3)cn2C)c2c(F)ccc(C)c2n1. The van der Waals surface area contributed by atoms with Gasteiger partial charge in [-0.2, -0.15) is 0 Å². The molecule has 0 unspecified atom stereocenters. The van der Waals surface area contributed by atoms with Gasteiger partial charge in [0.15, 0.2) is 5.82 Å². The Morgan fingerprint density at radius 2 is 1.70 bits per heavy atom. The molecule has 0 atom stereocenters. The molecule has 0 aliphatic carbocycles. The Bertz CT molecular complexity index is 1210. The van der Waals surface area contributed by atoms with Crippen LogP contribution < -0.4 is 0 Å². The van der Waals surface area contributed by atoms with Crippen LogP contribution in [0, 0.1) is 31.5 Å². The standard InChI is InChI=1S/C22H17FN4/c1-14-9-10-17(23)21-18(24-15(2)25-22(14)21)11-12-20-26-19(13-27(20)3)16-7-5-4-6-8-16/h4-10,13H,1-3H3. The molecule has 0 fully saturated rings. The normalized spacial score (nSPS) is 10.7. The molecule has 0 saturated carbocycles. The van der Waals surface area contributed by atoms with Crippen LogP contribution in [-0.4, -0.2) is 19.5 Å². The lowest BCUT2D eigenvalue weighted by molar-refractivity contribution is 0.638. The summed E-state index contributed by atoms with van der Waals surface area (Å²) in [5, 5.41) is 0.352. The number of benzene rings is 2. The van der Waals surface area contributed by atoms with Gasteiger partial charge in [-0.15, -0.1) is 0 Å². The number of fused-ring (bicyclic) bond motifs is 1.